The standard InChI is InChI=1S/C9H20N2S/c1-8(2,3)11-9(6-10)4-5-12-7-9/h11H,4-7,10H2,1-3H3. The zero-order valence-electron chi connectivity index (χ0n) is 8.31. The summed E-state index contributed by atoms with van der Waals surface area (Å²) in [6.45, 7) is 7.37. The fraction of sp³-hybridized carbons (Fsp3) is 1.00. The summed E-state index contributed by atoms with van der Waals surface area (Å²) in [7, 11) is 0. The number of nitrogens with two attached hydrogens (primary N) is 1. The smallest absolute Gasteiger partial charge is 0.0407 e. The van der Waals surface area contributed by atoms with Gasteiger partial charge in [-0.3, -0.25) is 0 Å². The van der Waals surface area contributed by atoms with Gasteiger partial charge in [0, 0.05) is 23.4 Å². The molecule has 0 spiro atoms. The number of hydrogen-bond donors (Lipinski definition) is 2. The summed E-state index contributed by atoms with van der Waals surface area (Å²) in [4.78, 5) is 0. The molecule has 1 fully saturated rings. The molecule has 0 saturated carbocycles. The van der Waals surface area contributed by atoms with Crippen molar-refractivity contribution < 1.29 is 0 Å². The number of rotatable bonds is 2. The van der Waals surface area contributed by atoms with Crippen LogP contribution >= 0.6 is 11.8 Å². The molecular formula is C9H20N2S. The Morgan fingerprint density at radius 2 is 2.17 bits per heavy atom. The SMILES string of the molecule is CC(C)(C)NC1(CN)CCSC1. The van der Waals surface area contributed by atoms with Crippen LogP contribution in [0.25, 0.3) is 0 Å². The van der Waals surface area contributed by atoms with Crippen molar-refractivity contribution in [3.05, 3.63) is 0 Å². The van der Waals surface area contributed by atoms with Crippen molar-refractivity contribution in [2.45, 2.75) is 38.3 Å². The van der Waals surface area contributed by atoms with Gasteiger partial charge in [-0.05, 0) is 32.9 Å². The molecule has 1 heterocycles. The van der Waals surface area contributed by atoms with E-state index in [0.29, 0.717) is 0 Å². The molecule has 12 heavy (non-hydrogen) atoms. The second-order valence-corrected chi connectivity index (χ2v) is 5.77. The van der Waals surface area contributed by atoms with Crippen molar-refractivity contribution in [3.63, 3.8) is 0 Å². The molecule has 1 aliphatic rings. The lowest BCUT2D eigenvalue weighted by Gasteiger charge is -2.36. The van der Waals surface area contributed by atoms with Crippen LogP contribution in [-0.4, -0.2) is 29.1 Å². The van der Waals surface area contributed by atoms with Crippen LogP contribution < -0.4 is 11.1 Å². The van der Waals surface area contributed by atoms with Crippen LogP contribution in [-0.2, 0) is 0 Å². The number of hydrogen-bond acceptors (Lipinski definition) is 3. The Labute approximate surface area is 79.7 Å². The van der Waals surface area contributed by atoms with Gasteiger partial charge >= 0.3 is 0 Å². The van der Waals surface area contributed by atoms with Crippen LogP contribution in [0.4, 0.5) is 0 Å². The lowest BCUT2D eigenvalue weighted by molar-refractivity contribution is 0.274. The van der Waals surface area contributed by atoms with E-state index >= 15 is 0 Å². The predicted molar refractivity (Wildman–Crippen MR) is 56.6 cm³/mol. The lowest BCUT2D eigenvalue weighted by Crippen LogP contribution is -2.58. The van der Waals surface area contributed by atoms with Gasteiger partial charge in [0.05, 0.1) is 0 Å². The normalized spacial score (nSPS) is 31.0. The molecule has 72 valence electrons. The Bertz CT molecular complexity index is 145. The quantitative estimate of drug-likeness (QED) is 0.684. The fourth-order valence-corrected chi connectivity index (χ4v) is 3.12. The van der Waals surface area contributed by atoms with Crippen LogP contribution in [0.2, 0.25) is 0 Å². The van der Waals surface area contributed by atoms with Gasteiger partial charge in [-0.15, -0.1) is 0 Å². The molecule has 2 nitrogen and oxygen atoms in total. The first-order chi connectivity index (χ1) is 5.47. The van der Waals surface area contributed by atoms with Crippen molar-refractivity contribution in [2.75, 3.05) is 18.1 Å². The number of thioether (sulfide) groups is 1. The Hall–Kier alpha value is 0.270. The highest BCUT2D eigenvalue weighted by Gasteiger charge is 2.35. The number of nitrogens with one attached hydrogen (secondary N) is 1. The summed E-state index contributed by atoms with van der Waals surface area (Å²) in [6, 6.07) is 0. The molecule has 0 aromatic carbocycles. The van der Waals surface area contributed by atoms with Gasteiger partial charge in [0.1, 0.15) is 0 Å². The van der Waals surface area contributed by atoms with Crippen LogP contribution in [0, 0.1) is 0 Å². The third-order valence-corrected chi connectivity index (χ3v) is 3.38. The summed E-state index contributed by atoms with van der Waals surface area (Å²) < 4.78 is 0. The van der Waals surface area contributed by atoms with Crippen molar-refractivity contribution in [3.8, 4) is 0 Å². The second kappa shape index (κ2) is 3.56. The summed E-state index contributed by atoms with van der Waals surface area (Å²) in [5.41, 5.74) is 6.20. The van der Waals surface area contributed by atoms with Gasteiger partial charge in [-0.1, -0.05) is 0 Å². The van der Waals surface area contributed by atoms with E-state index < -0.39 is 0 Å². The molecule has 0 aliphatic carbocycles. The minimum Gasteiger partial charge on any atom is -0.329 e. The molecule has 0 aromatic rings. The lowest BCUT2D eigenvalue weighted by atomic mass is 9.94. The first kappa shape index (κ1) is 10.4. The summed E-state index contributed by atoms with van der Waals surface area (Å²) >= 11 is 2.00. The van der Waals surface area contributed by atoms with E-state index in [1.165, 1.54) is 17.9 Å². The van der Waals surface area contributed by atoms with Crippen LogP contribution in [0.5, 0.6) is 0 Å². The molecule has 1 aliphatic heterocycles. The van der Waals surface area contributed by atoms with Crippen molar-refractivity contribution in [2.24, 2.45) is 5.73 Å². The molecule has 1 saturated heterocycles. The van der Waals surface area contributed by atoms with Crippen LogP contribution in [0.3, 0.4) is 0 Å². The first-order valence-electron chi connectivity index (χ1n) is 4.55. The van der Waals surface area contributed by atoms with Crippen LogP contribution in [0.1, 0.15) is 27.2 Å². The van der Waals surface area contributed by atoms with Gasteiger partial charge in [-0.2, -0.15) is 11.8 Å². The predicted octanol–water partition coefficient (Wildman–Crippen LogP) is 1.21. The fourth-order valence-electron chi connectivity index (χ4n) is 1.71. The third-order valence-electron chi connectivity index (χ3n) is 2.13. The minimum absolute atomic E-state index is 0.185. The first-order valence-corrected chi connectivity index (χ1v) is 5.70. The largest absolute Gasteiger partial charge is 0.329 e. The van der Waals surface area contributed by atoms with Crippen molar-refractivity contribution in [1.82, 2.24) is 5.32 Å². The Morgan fingerprint density at radius 3 is 2.50 bits per heavy atom. The minimum atomic E-state index is 0.185. The Kier molecular flexibility index (Phi) is 3.07. The zero-order valence-corrected chi connectivity index (χ0v) is 9.13. The van der Waals surface area contributed by atoms with E-state index in [9.17, 15) is 0 Å². The molecule has 0 bridgehead atoms. The zero-order chi connectivity index (χ0) is 9.24. The van der Waals surface area contributed by atoms with Gasteiger partial charge in [0.2, 0.25) is 0 Å². The van der Waals surface area contributed by atoms with Gasteiger partial charge in [0.25, 0.3) is 0 Å². The van der Waals surface area contributed by atoms with E-state index in [1.54, 1.807) is 0 Å². The Morgan fingerprint density at radius 1 is 1.50 bits per heavy atom. The molecular weight excluding hydrogens is 168 g/mol. The van der Waals surface area contributed by atoms with E-state index in [1.807, 2.05) is 11.8 Å². The highest BCUT2D eigenvalue weighted by atomic mass is 32.2. The molecule has 0 radical (unpaired) electrons. The van der Waals surface area contributed by atoms with E-state index in [-0.39, 0.29) is 11.1 Å². The summed E-state index contributed by atoms with van der Waals surface area (Å²) in [5.74, 6) is 2.42. The molecule has 1 atom stereocenters. The van der Waals surface area contributed by atoms with Gasteiger partial charge < -0.3 is 11.1 Å². The molecule has 1 unspecified atom stereocenters. The maximum absolute atomic E-state index is 5.80. The average Bonchev–Trinajstić information content (AvgIpc) is 2.34. The van der Waals surface area contributed by atoms with Crippen molar-refractivity contribution >= 4 is 11.8 Å². The Balaban J connectivity index is 2.55. The van der Waals surface area contributed by atoms with E-state index in [4.69, 9.17) is 5.73 Å². The van der Waals surface area contributed by atoms with E-state index in [2.05, 4.69) is 26.1 Å². The van der Waals surface area contributed by atoms with Gasteiger partial charge in [-0.25, -0.2) is 0 Å². The third kappa shape index (κ3) is 2.64. The topological polar surface area (TPSA) is 38.0 Å². The molecule has 0 aromatic heterocycles. The maximum Gasteiger partial charge on any atom is 0.0407 e. The summed E-state index contributed by atoms with van der Waals surface area (Å²) in [6.07, 6.45) is 1.21. The maximum atomic E-state index is 5.80. The molecule has 3 heteroatoms. The average molecular weight is 188 g/mol. The molecule has 1 rings (SSSR count). The highest BCUT2D eigenvalue weighted by Crippen LogP contribution is 2.28. The summed E-state index contributed by atoms with van der Waals surface area (Å²) in [5, 5.41) is 3.64. The van der Waals surface area contributed by atoms with Crippen LogP contribution in [0.15, 0.2) is 0 Å². The van der Waals surface area contributed by atoms with E-state index in [0.717, 1.165) is 6.54 Å². The molecule has 3 N–H and O–H groups in total. The monoisotopic (exact) mass is 188 g/mol. The van der Waals surface area contributed by atoms with Gasteiger partial charge in [0.15, 0.2) is 0 Å². The molecule has 0 amide bonds. The highest BCUT2D eigenvalue weighted by molar-refractivity contribution is 7.99. The second-order valence-electron chi connectivity index (χ2n) is 4.66. The van der Waals surface area contributed by atoms with Crippen molar-refractivity contribution in [1.29, 1.82) is 0 Å².